The quantitative estimate of drug-likeness (QED) is 0.557. The number of primary amides is 1. The Hall–Kier alpha value is -0.570. The lowest BCUT2D eigenvalue weighted by Crippen LogP contribution is -2.23. The summed E-state index contributed by atoms with van der Waals surface area (Å²) in [5.41, 5.74) is 10.5. The predicted molar refractivity (Wildman–Crippen MR) is 50.2 cm³/mol. The average molecular weight is 171 g/mol. The van der Waals surface area contributed by atoms with Crippen LogP contribution in [0.1, 0.15) is 32.1 Å². The third-order valence-corrected chi connectivity index (χ3v) is 1.96. The summed E-state index contributed by atoms with van der Waals surface area (Å²) in [6.07, 6.45) is 4.41. The van der Waals surface area contributed by atoms with Crippen LogP contribution < -0.4 is 11.5 Å². The van der Waals surface area contributed by atoms with E-state index in [1.807, 2.05) is 0 Å². The number of carbonyl (C=O) groups is 1. The number of amides is 1. The van der Waals surface area contributed by atoms with E-state index in [1.54, 1.807) is 0 Å². The fourth-order valence-electron chi connectivity index (χ4n) is 1.21. The molecule has 1 radical (unpaired) electrons. The van der Waals surface area contributed by atoms with Crippen molar-refractivity contribution in [3.05, 3.63) is 6.92 Å². The molecule has 1 atom stereocenters. The maximum absolute atomic E-state index is 10.8. The van der Waals surface area contributed by atoms with Gasteiger partial charge in [0.1, 0.15) is 0 Å². The first-order chi connectivity index (χ1) is 5.72. The summed E-state index contributed by atoms with van der Waals surface area (Å²) in [4.78, 5) is 10.8. The molecule has 0 aromatic rings. The molecule has 3 nitrogen and oxygen atoms in total. The largest absolute Gasteiger partial charge is 0.369 e. The first-order valence-electron chi connectivity index (χ1n) is 4.51. The van der Waals surface area contributed by atoms with Gasteiger partial charge in [0.15, 0.2) is 0 Å². The highest BCUT2D eigenvalue weighted by molar-refractivity contribution is 5.76. The first-order valence-corrected chi connectivity index (χ1v) is 4.51. The lowest BCUT2D eigenvalue weighted by Gasteiger charge is -2.10. The summed E-state index contributed by atoms with van der Waals surface area (Å²) in [6, 6.07) is 0. The smallest absolute Gasteiger partial charge is 0.220 e. The van der Waals surface area contributed by atoms with Gasteiger partial charge in [0.2, 0.25) is 5.91 Å². The van der Waals surface area contributed by atoms with Crippen LogP contribution in [-0.4, -0.2) is 12.5 Å². The molecule has 71 valence electrons. The summed E-state index contributed by atoms with van der Waals surface area (Å²) in [6.45, 7) is 4.39. The van der Waals surface area contributed by atoms with Gasteiger partial charge in [-0.15, -0.1) is 0 Å². The Balaban J connectivity index is 3.56. The predicted octanol–water partition coefficient (Wildman–Crippen LogP) is 0.831. The third-order valence-electron chi connectivity index (χ3n) is 1.96. The molecule has 0 aliphatic heterocycles. The molecule has 0 saturated carbocycles. The van der Waals surface area contributed by atoms with Crippen molar-refractivity contribution in [1.29, 1.82) is 0 Å². The average Bonchev–Trinajstić information content (AvgIpc) is 2.03. The molecule has 1 amide bonds. The molecule has 0 saturated heterocycles. The number of hydrogen-bond acceptors (Lipinski definition) is 2. The Morgan fingerprint density at radius 2 is 2.00 bits per heavy atom. The molecule has 4 N–H and O–H groups in total. The SMILES string of the molecule is [CH2]CCC(CCCCN)C(N)=O. The van der Waals surface area contributed by atoms with Crippen LogP contribution in [0.25, 0.3) is 0 Å². The van der Waals surface area contributed by atoms with E-state index in [0.717, 1.165) is 32.1 Å². The van der Waals surface area contributed by atoms with Gasteiger partial charge in [0.25, 0.3) is 0 Å². The number of nitrogens with two attached hydrogens (primary N) is 2. The van der Waals surface area contributed by atoms with Crippen LogP contribution >= 0.6 is 0 Å². The zero-order valence-electron chi connectivity index (χ0n) is 7.59. The Kier molecular flexibility index (Phi) is 6.76. The van der Waals surface area contributed by atoms with E-state index >= 15 is 0 Å². The number of hydrogen-bond donors (Lipinski definition) is 2. The highest BCUT2D eigenvalue weighted by Crippen LogP contribution is 2.13. The van der Waals surface area contributed by atoms with Gasteiger partial charge in [0, 0.05) is 5.92 Å². The number of rotatable bonds is 7. The molecule has 12 heavy (non-hydrogen) atoms. The lowest BCUT2D eigenvalue weighted by atomic mass is 9.96. The molecule has 0 aromatic heterocycles. The second-order valence-electron chi connectivity index (χ2n) is 3.03. The van der Waals surface area contributed by atoms with Crippen molar-refractivity contribution in [3.63, 3.8) is 0 Å². The molecule has 0 spiro atoms. The van der Waals surface area contributed by atoms with Gasteiger partial charge in [0.05, 0.1) is 0 Å². The summed E-state index contributed by atoms with van der Waals surface area (Å²) < 4.78 is 0. The summed E-state index contributed by atoms with van der Waals surface area (Å²) >= 11 is 0. The standard InChI is InChI=1S/C9H19N2O/c1-2-5-8(9(11)12)6-3-4-7-10/h8H,1-7,10H2,(H2,11,12). The Morgan fingerprint density at radius 1 is 1.33 bits per heavy atom. The second-order valence-corrected chi connectivity index (χ2v) is 3.03. The van der Waals surface area contributed by atoms with Crippen LogP contribution in [0.15, 0.2) is 0 Å². The van der Waals surface area contributed by atoms with Crippen LogP contribution in [0.3, 0.4) is 0 Å². The fourth-order valence-corrected chi connectivity index (χ4v) is 1.21. The molecule has 0 heterocycles. The van der Waals surface area contributed by atoms with E-state index in [2.05, 4.69) is 6.92 Å². The molecule has 0 fully saturated rings. The zero-order valence-corrected chi connectivity index (χ0v) is 7.59. The van der Waals surface area contributed by atoms with Crippen LogP contribution in [0.4, 0.5) is 0 Å². The van der Waals surface area contributed by atoms with Crippen molar-refractivity contribution in [2.24, 2.45) is 17.4 Å². The number of unbranched alkanes of at least 4 members (excludes halogenated alkanes) is 1. The molecule has 3 heteroatoms. The maximum atomic E-state index is 10.8. The van der Waals surface area contributed by atoms with E-state index < -0.39 is 0 Å². The van der Waals surface area contributed by atoms with Gasteiger partial charge in [-0.05, 0) is 25.8 Å². The second kappa shape index (κ2) is 7.10. The third kappa shape index (κ3) is 5.13. The lowest BCUT2D eigenvalue weighted by molar-refractivity contribution is -0.122. The van der Waals surface area contributed by atoms with Gasteiger partial charge in [-0.3, -0.25) is 4.79 Å². The minimum atomic E-state index is -0.198. The van der Waals surface area contributed by atoms with E-state index in [-0.39, 0.29) is 11.8 Å². The molecule has 0 aliphatic rings. The van der Waals surface area contributed by atoms with Gasteiger partial charge < -0.3 is 11.5 Å². The molecular formula is C9H19N2O. The van der Waals surface area contributed by atoms with Crippen molar-refractivity contribution in [1.82, 2.24) is 0 Å². The van der Waals surface area contributed by atoms with Crippen molar-refractivity contribution in [2.45, 2.75) is 32.1 Å². The van der Waals surface area contributed by atoms with Crippen molar-refractivity contribution in [3.8, 4) is 0 Å². The van der Waals surface area contributed by atoms with Crippen LogP contribution in [-0.2, 0) is 4.79 Å². The van der Waals surface area contributed by atoms with Gasteiger partial charge in [-0.25, -0.2) is 0 Å². The topological polar surface area (TPSA) is 69.1 Å². The van der Waals surface area contributed by atoms with Crippen LogP contribution in [0.5, 0.6) is 0 Å². The van der Waals surface area contributed by atoms with Gasteiger partial charge >= 0.3 is 0 Å². The molecule has 0 aromatic carbocycles. The highest BCUT2D eigenvalue weighted by Gasteiger charge is 2.12. The van der Waals surface area contributed by atoms with E-state index in [1.165, 1.54) is 0 Å². The maximum Gasteiger partial charge on any atom is 0.220 e. The van der Waals surface area contributed by atoms with Crippen LogP contribution in [0, 0.1) is 12.8 Å². The van der Waals surface area contributed by atoms with Gasteiger partial charge in [-0.1, -0.05) is 19.8 Å². The Morgan fingerprint density at radius 3 is 2.42 bits per heavy atom. The number of carbonyl (C=O) groups excluding carboxylic acids is 1. The highest BCUT2D eigenvalue weighted by atomic mass is 16.1. The van der Waals surface area contributed by atoms with E-state index in [0.29, 0.717) is 6.54 Å². The Labute approximate surface area is 74.5 Å². The summed E-state index contributed by atoms with van der Waals surface area (Å²) in [5, 5.41) is 0. The summed E-state index contributed by atoms with van der Waals surface area (Å²) in [5.74, 6) is -0.190. The normalized spacial score (nSPS) is 12.8. The zero-order chi connectivity index (χ0) is 9.40. The van der Waals surface area contributed by atoms with Crippen molar-refractivity contribution >= 4 is 5.91 Å². The molecule has 0 aliphatic carbocycles. The minimum absolute atomic E-state index is 0.00838. The van der Waals surface area contributed by atoms with Crippen molar-refractivity contribution in [2.75, 3.05) is 6.54 Å². The monoisotopic (exact) mass is 171 g/mol. The Bertz CT molecular complexity index is 126. The van der Waals surface area contributed by atoms with Crippen LogP contribution in [0.2, 0.25) is 0 Å². The fraction of sp³-hybridized carbons (Fsp3) is 0.778. The molecular weight excluding hydrogens is 152 g/mol. The van der Waals surface area contributed by atoms with Gasteiger partial charge in [-0.2, -0.15) is 0 Å². The first kappa shape index (κ1) is 11.4. The molecule has 0 bridgehead atoms. The molecule has 1 unspecified atom stereocenters. The summed E-state index contributed by atoms with van der Waals surface area (Å²) in [7, 11) is 0. The molecule has 0 rings (SSSR count). The van der Waals surface area contributed by atoms with E-state index in [9.17, 15) is 4.79 Å². The van der Waals surface area contributed by atoms with Crippen molar-refractivity contribution < 1.29 is 4.79 Å². The van der Waals surface area contributed by atoms with E-state index in [4.69, 9.17) is 11.5 Å². The minimum Gasteiger partial charge on any atom is -0.369 e.